The Hall–Kier alpha value is -2.25. The van der Waals surface area contributed by atoms with Crippen LogP contribution in [-0.4, -0.2) is 54.2 Å². The fraction of sp³-hybridized carbons (Fsp3) is 0.444. The summed E-state index contributed by atoms with van der Waals surface area (Å²) in [6.07, 6.45) is 0. The molecule has 2 heterocycles. The molecule has 7 heteroatoms. The SMILES string of the molecule is COC(=O)[C@@H](c1ccccc1F)N1CCN(Cc2cc(C)on2)CC1. The first-order valence-corrected chi connectivity index (χ1v) is 8.29. The molecular weight excluding hydrogens is 325 g/mol. The van der Waals surface area contributed by atoms with Crippen molar-refractivity contribution in [2.75, 3.05) is 33.3 Å². The second-order valence-electron chi connectivity index (χ2n) is 6.19. The predicted molar refractivity (Wildman–Crippen MR) is 89.2 cm³/mol. The highest BCUT2D eigenvalue weighted by Crippen LogP contribution is 2.26. The molecule has 1 aromatic carbocycles. The molecule has 0 amide bonds. The zero-order valence-electron chi connectivity index (χ0n) is 14.4. The lowest BCUT2D eigenvalue weighted by atomic mass is 10.0. The number of aryl methyl sites for hydroxylation is 1. The standard InChI is InChI=1S/C18H22FN3O3/c1-13-11-14(20-25-13)12-21-7-9-22(10-8-21)17(18(23)24-2)15-5-3-4-6-16(15)19/h3-6,11,17H,7-10,12H2,1-2H3/t17-/m1/s1. The third-order valence-corrected chi connectivity index (χ3v) is 4.46. The molecule has 1 atom stereocenters. The molecule has 25 heavy (non-hydrogen) atoms. The number of carbonyl (C=O) groups is 1. The van der Waals surface area contributed by atoms with Gasteiger partial charge >= 0.3 is 5.97 Å². The van der Waals surface area contributed by atoms with Gasteiger partial charge in [0.1, 0.15) is 17.6 Å². The minimum Gasteiger partial charge on any atom is -0.468 e. The number of ether oxygens (including phenoxy) is 1. The molecule has 2 aromatic rings. The summed E-state index contributed by atoms with van der Waals surface area (Å²) < 4.78 is 24.2. The van der Waals surface area contributed by atoms with E-state index in [1.54, 1.807) is 18.2 Å². The molecule has 1 aromatic heterocycles. The lowest BCUT2D eigenvalue weighted by Crippen LogP contribution is -2.49. The summed E-state index contributed by atoms with van der Waals surface area (Å²) in [5.74, 6) is -0.0389. The second kappa shape index (κ2) is 7.76. The van der Waals surface area contributed by atoms with Gasteiger partial charge in [0.15, 0.2) is 0 Å². The number of methoxy groups -OCH3 is 1. The lowest BCUT2D eigenvalue weighted by Gasteiger charge is -2.38. The number of nitrogens with zero attached hydrogens (tertiary/aromatic N) is 3. The molecule has 0 N–H and O–H groups in total. The largest absolute Gasteiger partial charge is 0.468 e. The Morgan fingerprint density at radius 3 is 2.64 bits per heavy atom. The van der Waals surface area contributed by atoms with Gasteiger partial charge in [-0.05, 0) is 13.0 Å². The van der Waals surface area contributed by atoms with E-state index < -0.39 is 17.8 Å². The van der Waals surface area contributed by atoms with Crippen molar-refractivity contribution in [1.29, 1.82) is 0 Å². The summed E-state index contributed by atoms with van der Waals surface area (Å²) in [5, 5.41) is 4.01. The maximum atomic E-state index is 14.2. The van der Waals surface area contributed by atoms with Crippen LogP contribution in [-0.2, 0) is 16.1 Å². The van der Waals surface area contributed by atoms with Crippen molar-refractivity contribution in [1.82, 2.24) is 15.0 Å². The van der Waals surface area contributed by atoms with Crippen molar-refractivity contribution >= 4 is 5.97 Å². The summed E-state index contributed by atoms with van der Waals surface area (Å²) >= 11 is 0. The molecule has 1 aliphatic rings. The molecular formula is C18H22FN3O3. The van der Waals surface area contributed by atoms with Gasteiger partial charge in [-0.2, -0.15) is 0 Å². The second-order valence-corrected chi connectivity index (χ2v) is 6.19. The maximum absolute atomic E-state index is 14.2. The molecule has 1 saturated heterocycles. The van der Waals surface area contributed by atoms with E-state index >= 15 is 0 Å². The first-order valence-electron chi connectivity index (χ1n) is 8.29. The van der Waals surface area contributed by atoms with Gasteiger partial charge in [-0.3, -0.25) is 9.80 Å². The van der Waals surface area contributed by atoms with Crippen molar-refractivity contribution < 1.29 is 18.4 Å². The van der Waals surface area contributed by atoms with Gasteiger partial charge in [0.05, 0.1) is 12.8 Å². The van der Waals surface area contributed by atoms with Crippen molar-refractivity contribution in [3.8, 4) is 0 Å². The summed E-state index contributed by atoms with van der Waals surface area (Å²) in [7, 11) is 1.33. The van der Waals surface area contributed by atoms with Crippen LogP contribution in [0.5, 0.6) is 0 Å². The van der Waals surface area contributed by atoms with Crippen molar-refractivity contribution in [2.24, 2.45) is 0 Å². The lowest BCUT2D eigenvalue weighted by molar-refractivity contribution is -0.148. The van der Waals surface area contributed by atoms with Crippen LogP contribution in [0.3, 0.4) is 0 Å². The fourth-order valence-electron chi connectivity index (χ4n) is 3.18. The highest BCUT2D eigenvalue weighted by Gasteiger charge is 2.33. The van der Waals surface area contributed by atoms with Gasteiger partial charge < -0.3 is 9.26 Å². The summed E-state index contributed by atoms with van der Waals surface area (Å²) in [4.78, 5) is 16.5. The maximum Gasteiger partial charge on any atom is 0.327 e. The molecule has 0 radical (unpaired) electrons. The highest BCUT2D eigenvalue weighted by molar-refractivity contribution is 5.77. The third kappa shape index (κ3) is 4.05. The first kappa shape index (κ1) is 17.6. The molecule has 134 valence electrons. The Balaban J connectivity index is 1.68. The zero-order chi connectivity index (χ0) is 17.8. The third-order valence-electron chi connectivity index (χ3n) is 4.46. The van der Waals surface area contributed by atoms with E-state index in [0.717, 1.165) is 24.5 Å². The molecule has 3 rings (SSSR count). The van der Waals surface area contributed by atoms with Crippen LogP contribution < -0.4 is 0 Å². The number of esters is 1. The Labute approximate surface area is 146 Å². The van der Waals surface area contributed by atoms with Gasteiger partial charge in [0.25, 0.3) is 0 Å². The highest BCUT2D eigenvalue weighted by atomic mass is 19.1. The van der Waals surface area contributed by atoms with Gasteiger partial charge in [0, 0.05) is 44.4 Å². The van der Waals surface area contributed by atoms with Gasteiger partial charge in [-0.1, -0.05) is 23.4 Å². The Morgan fingerprint density at radius 1 is 1.32 bits per heavy atom. The van der Waals surface area contributed by atoms with Crippen LogP contribution in [0.2, 0.25) is 0 Å². The fourth-order valence-corrected chi connectivity index (χ4v) is 3.18. The molecule has 0 bridgehead atoms. The van der Waals surface area contributed by atoms with Gasteiger partial charge in [0.2, 0.25) is 0 Å². The number of hydrogen-bond donors (Lipinski definition) is 0. The van der Waals surface area contributed by atoms with Gasteiger partial charge in [-0.15, -0.1) is 0 Å². The van der Waals surface area contributed by atoms with Crippen molar-refractivity contribution in [3.63, 3.8) is 0 Å². The summed E-state index contributed by atoms with van der Waals surface area (Å²) in [5.41, 5.74) is 1.25. The predicted octanol–water partition coefficient (Wildman–Crippen LogP) is 2.15. The van der Waals surface area contributed by atoms with E-state index in [1.165, 1.54) is 13.2 Å². The average Bonchev–Trinajstić information content (AvgIpc) is 3.03. The minimum atomic E-state index is -0.720. The number of aromatic nitrogens is 1. The first-order chi connectivity index (χ1) is 12.1. The molecule has 0 aliphatic carbocycles. The van der Waals surface area contributed by atoms with Crippen LogP contribution in [0.4, 0.5) is 4.39 Å². The quantitative estimate of drug-likeness (QED) is 0.773. The molecule has 1 aliphatic heterocycles. The Kier molecular flexibility index (Phi) is 5.45. The topological polar surface area (TPSA) is 58.8 Å². The minimum absolute atomic E-state index is 0.356. The summed E-state index contributed by atoms with van der Waals surface area (Å²) in [6, 6.07) is 7.56. The van der Waals surface area contributed by atoms with Crippen LogP contribution in [0.1, 0.15) is 23.1 Å². The van der Waals surface area contributed by atoms with Crippen LogP contribution in [0.15, 0.2) is 34.9 Å². The number of hydrogen-bond acceptors (Lipinski definition) is 6. The number of rotatable bonds is 5. The van der Waals surface area contributed by atoms with Gasteiger partial charge in [-0.25, -0.2) is 9.18 Å². The van der Waals surface area contributed by atoms with E-state index in [-0.39, 0.29) is 0 Å². The molecule has 0 saturated carbocycles. The van der Waals surface area contributed by atoms with Crippen LogP contribution in [0, 0.1) is 12.7 Å². The van der Waals surface area contributed by atoms with E-state index in [9.17, 15) is 9.18 Å². The molecule has 6 nitrogen and oxygen atoms in total. The number of benzene rings is 1. The van der Waals surface area contributed by atoms with E-state index in [2.05, 4.69) is 10.1 Å². The monoisotopic (exact) mass is 347 g/mol. The normalized spacial score (nSPS) is 17.4. The van der Waals surface area contributed by atoms with E-state index in [4.69, 9.17) is 9.26 Å². The number of carbonyl (C=O) groups excluding carboxylic acids is 1. The zero-order valence-corrected chi connectivity index (χ0v) is 14.4. The van der Waals surface area contributed by atoms with E-state index in [1.807, 2.05) is 17.9 Å². The van der Waals surface area contributed by atoms with Crippen molar-refractivity contribution in [2.45, 2.75) is 19.5 Å². The van der Waals surface area contributed by atoms with E-state index in [0.29, 0.717) is 25.2 Å². The smallest absolute Gasteiger partial charge is 0.327 e. The molecule has 0 unspecified atom stereocenters. The summed E-state index contributed by atoms with van der Waals surface area (Å²) in [6.45, 7) is 5.37. The molecule has 0 spiro atoms. The Bertz CT molecular complexity index is 726. The molecule has 1 fully saturated rings. The Morgan fingerprint density at radius 2 is 2.04 bits per heavy atom. The number of piperazine rings is 1. The van der Waals surface area contributed by atoms with Crippen molar-refractivity contribution in [3.05, 3.63) is 53.2 Å². The average molecular weight is 347 g/mol. The van der Waals surface area contributed by atoms with Crippen LogP contribution >= 0.6 is 0 Å². The van der Waals surface area contributed by atoms with Crippen LogP contribution in [0.25, 0.3) is 0 Å². The number of halogens is 1.